The van der Waals surface area contributed by atoms with Crippen LogP contribution < -0.4 is 10.9 Å². The van der Waals surface area contributed by atoms with Crippen LogP contribution in [-0.4, -0.2) is 10.5 Å². The van der Waals surface area contributed by atoms with Gasteiger partial charge in [-0.2, -0.15) is 0 Å². The van der Waals surface area contributed by atoms with Crippen molar-refractivity contribution in [2.45, 2.75) is 13.8 Å². The number of nitrogens with zero attached hydrogens (tertiary/aromatic N) is 1. The summed E-state index contributed by atoms with van der Waals surface area (Å²) in [5.74, 6) is -0.272. The number of aromatic nitrogens is 1. The van der Waals surface area contributed by atoms with Crippen molar-refractivity contribution in [1.29, 1.82) is 0 Å². The van der Waals surface area contributed by atoms with Gasteiger partial charge in [-0.25, -0.2) is 0 Å². The molecule has 0 saturated heterocycles. The molecule has 0 atom stereocenters. The fourth-order valence-electron chi connectivity index (χ4n) is 2.74. The number of benzene rings is 2. The van der Waals surface area contributed by atoms with Crippen LogP contribution in [0.1, 0.15) is 21.5 Å². The van der Waals surface area contributed by atoms with Gasteiger partial charge in [0, 0.05) is 24.2 Å². The van der Waals surface area contributed by atoms with Crippen molar-refractivity contribution in [1.82, 2.24) is 4.57 Å². The molecule has 4 nitrogen and oxygen atoms in total. The Hall–Kier alpha value is -2.88. The highest BCUT2D eigenvalue weighted by Gasteiger charge is 2.14. The maximum atomic E-state index is 12.7. The number of aryl methyl sites for hydroxylation is 3. The van der Waals surface area contributed by atoms with E-state index in [4.69, 9.17) is 0 Å². The summed E-state index contributed by atoms with van der Waals surface area (Å²) in [6.07, 6.45) is 0. The number of carbonyl (C=O) groups is 1. The van der Waals surface area contributed by atoms with Crippen molar-refractivity contribution in [3.05, 3.63) is 75.6 Å². The molecule has 0 fully saturated rings. The second kappa shape index (κ2) is 5.72. The second-order valence-corrected chi connectivity index (χ2v) is 5.74. The first-order valence-corrected chi connectivity index (χ1v) is 7.45. The van der Waals surface area contributed by atoms with Gasteiger partial charge < -0.3 is 9.88 Å². The molecule has 4 heteroatoms. The summed E-state index contributed by atoms with van der Waals surface area (Å²) in [5.41, 5.74) is 3.82. The van der Waals surface area contributed by atoms with E-state index in [0.29, 0.717) is 5.56 Å². The van der Waals surface area contributed by atoms with E-state index in [-0.39, 0.29) is 11.5 Å². The highest BCUT2D eigenvalue weighted by atomic mass is 16.2. The summed E-state index contributed by atoms with van der Waals surface area (Å²) >= 11 is 0. The van der Waals surface area contributed by atoms with Crippen molar-refractivity contribution < 1.29 is 4.79 Å². The molecular formula is C19H18N2O2. The summed E-state index contributed by atoms with van der Waals surface area (Å²) in [4.78, 5) is 24.8. The molecule has 3 aromatic rings. The first-order chi connectivity index (χ1) is 11.0. The number of hydrogen-bond donors (Lipinski definition) is 1. The van der Waals surface area contributed by atoms with E-state index < -0.39 is 0 Å². The van der Waals surface area contributed by atoms with Gasteiger partial charge in [0.15, 0.2) is 0 Å². The van der Waals surface area contributed by atoms with Gasteiger partial charge in [0.1, 0.15) is 0 Å². The van der Waals surface area contributed by atoms with E-state index in [9.17, 15) is 9.59 Å². The number of rotatable bonds is 2. The lowest BCUT2D eigenvalue weighted by Gasteiger charge is -2.12. The number of nitrogens with one attached hydrogen (secondary N) is 1. The van der Waals surface area contributed by atoms with Crippen LogP contribution in [0.2, 0.25) is 0 Å². The van der Waals surface area contributed by atoms with Gasteiger partial charge in [0.25, 0.3) is 11.5 Å². The molecule has 0 bridgehead atoms. The molecule has 0 spiro atoms. The van der Waals surface area contributed by atoms with Gasteiger partial charge in [0.05, 0.1) is 11.1 Å². The third-order valence-corrected chi connectivity index (χ3v) is 4.03. The Morgan fingerprint density at radius 2 is 1.78 bits per heavy atom. The molecular weight excluding hydrogens is 288 g/mol. The quantitative estimate of drug-likeness (QED) is 0.789. The number of hydrogen-bond acceptors (Lipinski definition) is 2. The predicted octanol–water partition coefficient (Wildman–Crippen LogP) is 3.41. The highest BCUT2D eigenvalue weighted by Crippen LogP contribution is 2.20. The van der Waals surface area contributed by atoms with Crippen LogP contribution in [0, 0.1) is 13.8 Å². The third-order valence-electron chi connectivity index (χ3n) is 4.03. The number of para-hydroxylation sites is 1. The zero-order chi connectivity index (χ0) is 16.6. The smallest absolute Gasteiger partial charge is 0.256 e. The summed E-state index contributed by atoms with van der Waals surface area (Å²) in [6.45, 7) is 3.96. The van der Waals surface area contributed by atoms with Crippen molar-refractivity contribution in [3.63, 3.8) is 0 Å². The number of amides is 1. The molecule has 0 aliphatic rings. The minimum Gasteiger partial charge on any atom is -0.322 e. The molecule has 116 valence electrons. The molecule has 0 radical (unpaired) electrons. The molecule has 1 N–H and O–H groups in total. The molecule has 0 aliphatic heterocycles. The first kappa shape index (κ1) is 15.0. The molecule has 1 amide bonds. The Bertz CT molecular complexity index is 971. The number of fused-ring (bicyclic) bond motifs is 1. The van der Waals surface area contributed by atoms with Crippen LogP contribution in [0.3, 0.4) is 0 Å². The van der Waals surface area contributed by atoms with Gasteiger partial charge >= 0.3 is 0 Å². The lowest BCUT2D eigenvalue weighted by atomic mass is 10.1. The van der Waals surface area contributed by atoms with Gasteiger partial charge in [-0.3, -0.25) is 9.59 Å². The normalized spacial score (nSPS) is 10.7. The highest BCUT2D eigenvalue weighted by molar-refractivity contribution is 6.12. The second-order valence-electron chi connectivity index (χ2n) is 5.74. The zero-order valence-electron chi connectivity index (χ0n) is 13.4. The Labute approximate surface area is 134 Å². The third kappa shape index (κ3) is 2.75. The lowest BCUT2D eigenvalue weighted by molar-refractivity contribution is 0.102. The largest absolute Gasteiger partial charge is 0.322 e. The summed E-state index contributed by atoms with van der Waals surface area (Å²) < 4.78 is 1.54. The van der Waals surface area contributed by atoms with Crippen LogP contribution >= 0.6 is 0 Å². The van der Waals surface area contributed by atoms with Gasteiger partial charge in [-0.15, -0.1) is 0 Å². The molecule has 0 unspecified atom stereocenters. The number of pyridine rings is 1. The molecule has 0 saturated carbocycles. The maximum absolute atomic E-state index is 12.7. The van der Waals surface area contributed by atoms with Crippen molar-refractivity contribution in [2.24, 2.45) is 7.05 Å². The molecule has 3 rings (SSSR count). The van der Waals surface area contributed by atoms with Crippen molar-refractivity contribution in [3.8, 4) is 0 Å². The SMILES string of the molecule is Cc1ccc(NC(=O)c2cc(=O)n(C)c3ccccc23)c(C)c1. The maximum Gasteiger partial charge on any atom is 0.256 e. The summed E-state index contributed by atoms with van der Waals surface area (Å²) in [5, 5.41) is 3.67. The number of anilines is 1. The summed E-state index contributed by atoms with van der Waals surface area (Å²) in [6, 6.07) is 14.6. The standard InChI is InChI=1S/C19H18N2O2/c1-12-8-9-16(13(2)10-12)20-19(23)15-11-18(22)21(3)17-7-5-4-6-14(15)17/h4-11H,1-3H3,(H,20,23). The van der Waals surface area contributed by atoms with E-state index in [2.05, 4.69) is 5.32 Å². The van der Waals surface area contributed by atoms with Crippen LogP contribution in [0.15, 0.2) is 53.3 Å². The van der Waals surface area contributed by atoms with E-state index in [0.717, 1.165) is 27.7 Å². The molecule has 1 heterocycles. The van der Waals surface area contributed by atoms with Crippen LogP contribution in [0.4, 0.5) is 5.69 Å². The average molecular weight is 306 g/mol. The van der Waals surface area contributed by atoms with Crippen molar-refractivity contribution >= 4 is 22.5 Å². The first-order valence-electron chi connectivity index (χ1n) is 7.45. The van der Waals surface area contributed by atoms with Crippen LogP contribution in [-0.2, 0) is 7.05 Å². The predicted molar refractivity (Wildman–Crippen MR) is 93.1 cm³/mol. The van der Waals surface area contributed by atoms with E-state index in [1.54, 1.807) is 11.6 Å². The Kier molecular flexibility index (Phi) is 3.74. The lowest BCUT2D eigenvalue weighted by Crippen LogP contribution is -2.21. The average Bonchev–Trinajstić information content (AvgIpc) is 2.53. The van der Waals surface area contributed by atoms with E-state index in [1.807, 2.05) is 56.3 Å². The Morgan fingerprint density at radius 3 is 2.52 bits per heavy atom. The molecule has 0 aliphatic carbocycles. The van der Waals surface area contributed by atoms with Crippen molar-refractivity contribution in [2.75, 3.05) is 5.32 Å². The molecule has 1 aromatic heterocycles. The molecule has 23 heavy (non-hydrogen) atoms. The van der Waals surface area contributed by atoms with Gasteiger partial charge in [-0.05, 0) is 31.5 Å². The van der Waals surface area contributed by atoms with E-state index in [1.165, 1.54) is 6.07 Å². The monoisotopic (exact) mass is 306 g/mol. The van der Waals surface area contributed by atoms with E-state index >= 15 is 0 Å². The van der Waals surface area contributed by atoms with Gasteiger partial charge in [-0.1, -0.05) is 35.9 Å². The fourth-order valence-corrected chi connectivity index (χ4v) is 2.74. The van der Waals surface area contributed by atoms with Crippen LogP contribution in [0.25, 0.3) is 10.9 Å². The zero-order valence-corrected chi connectivity index (χ0v) is 13.4. The van der Waals surface area contributed by atoms with Crippen LogP contribution in [0.5, 0.6) is 0 Å². The molecule has 2 aromatic carbocycles. The summed E-state index contributed by atoms with van der Waals surface area (Å²) in [7, 11) is 1.70. The topological polar surface area (TPSA) is 51.1 Å². The Morgan fingerprint density at radius 1 is 1.04 bits per heavy atom. The number of carbonyl (C=O) groups excluding carboxylic acids is 1. The minimum atomic E-state index is -0.272. The fraction of sp³-hybridized carbons (Fsp3) is 0.158. The Balaban J connectivity index is 2.08. The minimum absolute atomic E-state index is 0.200. The van der Waals surface area contributed by atoms with Gasteiger partial charge in [0.2, 0.25) is 0 Å².